The van der Waals surface area contributed by atoms with E-state index in [0.29, 0.717) is 11.1 Å². The number of hydrogen-bond acceptors (Lipinski definition) is 3. The minimum absolute atomic E-state index is 0.0750. The van der Waals surface area contributed by atoms with Gasteiger partial charge >= 0.3 is 12.4 Å². The summed E-state index contributed by atoms with van der Waals surface area (Å²) in [5.74, 6) is -1.57. The van der Waals surface area contributed by atoms with Crippen molar-refractivity contribution in [3.8, 4) is 0 Å². The molecular weight excluding hydrogens is 470 g/mol. The third-order valence-corrected chi connectivity index (χ3v) is 5.67. The lowest BCUT2D eigenvalue weighted by Gasteiger charge is -2.21. The van der Waals surface area contributed by atoms with E-state index in [1.165, 1.54) is 6.20 Å². The summed E-state index contributed by atoms with van der Waals surface area (Å²) in [6.07, 6.45) is -7.03. The van der Waals surface area contributed by atoms with Gasteiger partial charge in [-0.3, -0.25) is 14.8 Å². The summed E-state index contributed by atoms with van der Waals surface area (Å²) < 4.78 is 80.2. The van der Waals surface area contributed by atoms with Crippen molar-refractivity contribution in [2.24, 2.45) is 0 Å². The van der Waals surface area contributed by atoms with Crippen LogP contribution in [0, 0.1) is 0 Å². The third-order valence-electron chi connectivity index (χ3n) is 5.67. The number of benzene rings is 2. The number of hydrogen-bond donors (Lipinski definition) is 0. The van der Waals surface area contributed by atoms with Gasteiger partial charge in [0.15, 0.2) is 0 Å². The molecule has 0 amide bonds. The maximum atomic E-state index is 13.7. The van der Waals surface area contributed by atoms with Crippen LogP contribution in [0.5, 0.6) is 0 Å². The molecule has 0 aliphatic heterocycles. The Hall–Kier alpha value is -3.75. The monoisotopic (exact) mass is 488 g/mol. The molecule has 0 radical (unpaired) electrons. The lowest BCUT2D eigenvalue weighted by molar-refractivity contribution is -0.139. The van der Waals surface area contributed by atoms with Crippen LogP contribution in [-0.4, -0.2) is 15.8 Å². The van der Waals surface area contributed by atoms with Crippen molar-refractivity contribution in [1.82, 2.24) is 9.97 Å². The Labute approximate surface area is 196 Å². The van der Waals surface area contributed by atoms with Crippen LogP contribution < -0.4 is 0 Å². The topological polar surface area (TPSA) is 42.9 Å². The molecule has 0 unspecified atom stereocenters. The number of carbonyl (C=O) groups excluding carboxylic acids is 1. The Morgan fingerprint density at radius 2 is 1.46 bits per heavy atom. The summed E-state index contributed by atoms with van der Waals surface area (Å²) in [5, 5.41) is 0.739. The molecule has 0 aliphatic rings. The molecule has 0 bridgehead atoms. The molecular formula is C26H18F6N2O. The number of Topliss-reactive ketones (excluding diaryl/α,β-unsaturated/α-hetero) is 1. The highest BCUT2D eigenvalue weighted by atomic mass is 19.4. The molecule has 0 aliphatic carbocycles. The number of rotatable bonds is 6. The zero-order valence-corrected chi connectivity index (χ0v) is 18.1. The van der Waals surface area contributed by atoms with Crippen LogP contribution in [-0.2, 0) is 23.6 Å². The second-order valence-electron chi connectivity index (χ2n) is 8.01. The minimum Gasteiger partial charge on any atom is -0.299 e. The van der Waals surface area contributed by atoms with Gasteiger partial charge in [0.25, 0.3) is 0 Å². The lowest BCUT2D eigenvalue weighted by atomic mass is 9.86. The van der Waals surface area contributed by atoms with E-state index in [0.717, 1.165) is 41.8 Å². The van der Waals surface area contributed by atoms with Crippen molar-refractivity contribution in [3.05, 3.63) is 107 Å². The maximum absolute atomic E-state index is 13.7. The molecule has 0 saturated carbocycles. The predicted molar refractivity (Wildman–Crippen MR) is 118 cm³/mol. The maximum Gasteiger partial charge on any atom is 0.418 e. The smallest absolute Gasteiger partial charge is 0.299 e. The second kappa shape index (κ2) is 9.48. The highest BCUT2D eigenvalue weighted by Crippen LogP contribution is 2.39. The first kappa shape index (κ1) is 24.4. The number of fused-ring (bicyclic) bond motifs is 1. The fraction of sp³-hybridized carbons (Fsp3) is 0.192. The minimum atomic E-state index is -4.75. The van der Waals surface area contributed by atoms with E-state index in [9.17, 15) is 31.1 Å². The molecule has 0 saturated heterocycles. The van der Waals surface area contributed by atoms with E-state index in [1.807, 2.05) is 0 Å². The first-order chi connectivity index (χ1) is 16.5. The second-order valence-corrected chi connectivity index (χ2v) is 8.01. The van der Waals surface area contributed by atoms with Gasteiger partial charge in [-0.25, -0.2) is 0 Å². The van der Waals surface area contributed by atoms with Gasteiger partial charge < -0.3 is 0 Å². The average Bonchev–Trinajstić information content (AvgIpc) is 2.82. The fourth-order valence-corrected chi connectivity index (χ4v) is 4.05. The van der Waals surface area contributed by atoms with Crippen LogP contribution >= 0.6 is 0 Å². The van der Waals surface area contributed by atoms with Gasteiger partial charge in [0.2, 0.25) is 0 Å². The quantitative estimate of drug-likeness (QED) is 0.275. The molecule has 2 aromatic carbocycles. The molecule has 4 aromatic rings. The van der Waals surface area contributed by atoms with Crippen LogP contribution in [0.3, 0.4) is 0 Å². The molecule has 35 heavy (non-hydrogen) atoms. The molecule has 0 fully saturated rings. The third kappa shape index (κ3) is 5.50. The number of halogens is 6. The fourth-order valence-electron chi connectivity index (χ4n) is 4.05. The number of carbonyl (C=O) groups is 1. The standard InChI is InChI=1S/C26H18F6N2O/c27-25(28,29)18-10-8-16(9-11-18)21(24-22(26(30,31)32)6-3-13-34-24)15-19(35)14-17-4-1-7-23-20(17)5-2-12-33-23/h1-13,21H,14-15H2/t21-/m0/s1. The van der Waals surface area contributed by atoms with Crippen LogP contribution in [0.1, 0.15) is 40.3 Å². The number of ketones is 1. The van der Waals surface area contributed by atoms with E-state index in [2.05, 4.69) is 9.97 Å². The first-order valence-corrected chi connectivity index (χ1v) is 10.6. The summed E-state index contributed by atoms with van der Waals surface area (Å²) in [6, 6.07) is 14.5. The first-order valence-electron chi connectivity index (χ1n) is 10.6. The largest absolute Gasteiger partial charge is 0.418 e. The predicted octanol–water partition coefficient (Wildman–Crippen LogP) is 7.00. The Morgan fingerprint density at radius 3 is 2.14 bits per heavy atom. The summed E-state index contributed by atoms with van der Waals surface area (Å²) in [6.45, 7) is 0. The Morgan fingerprint density at radius 1 is 0.771 bits per heavy atom. The van der Waals surface area contributed by atoms with Gasteiger partial charge in [-0.2, -0.15) is 26.3 Å². The van der Waals surface area contributed by atoms with Gasteiger partial charge in [-0.15, -0.1) is 0 Å². The van der Waals surface area contributed by atoms with Crippen molar-refractivity contribution < 1.29 is 31.1 Å². The Balaban J connectivity index is 1.72. The molecule has 1 atom stereocenters. The highest BCUT2D eigenvalue weighted by Gasteiger charge is 2.37. The molecule has 0 N–H and O–H groups in total. The highest BCUT2D eigenvalue weighted by molar-refractivity contribution is 5.89. The van der Waals surface area contributed by atoms with E-state index < -0.39 is 35.1 Å². The van der Waals surface area contributed by atoms with Gasteiger partial charge in [-0.1, -0.05) is 30.3 Å². The van der Waals surface area contributed by atoms with Crippen LogP contribution in [0.15, 0.2) is 79.1 Å². The molecule has 0 spiro atoms. The number of aromatic nitrogens is 2. The van der Waals surface area contributed by atoms with E-state index >= 15 is 0 Å². The lowest BCUT2D eigenvalue weighted by Crippen LogP contribution is -2.18. The van der Waals surface area contributed by atoms with Crippen LogP contribution in [0.2, 0.25) is 0 Å². The summed E-state index contributed by atoms with van der Waals surface area (Å²) in [7, 11) is 0. The molecule has 2 aromatic heterocycles. The molecule has 3 nitrogen and oxygen atoms in total. The number of pyridine rings is 2. The Bertz CT molecular complexity index is 1340. The van der Waals surface area contributed by atoms with Gasteiger partial charge in [0, 0.05) is 36.5 Å². The van der Waals surface area contributed by atoms with E-state index in [-0.39, 0.29) is 24.2 Å². The SMILES string of the molecule is O=C(Cc1cccc2ncccc12)C[C@@H](c1ccc(C(F)(F)F)cc1)c1ncccc1C(F)(F)F. The number of alkyl halides is 6. The van der Waals surface area contributed by atoms with Crippen molar-refractivity contribution >= 4 is 16.7 Å². The number of nitrogens with zero attached hydrogens (tertiary/aromatic N) is 2. The normalized spacial score (nSPS) is 13.1. The van der Waals surface area contributed by atoms with Gasteiger partial charge in [0.05, 0.1) is 22.3 Å². The zero-order chi connectivity index (χ0) is 25.2. The van der Waals surface area contributed by atoms with Crippen molar-refractivity contribution in [2.75, 3.05) is 0 Å². The van der Waals surface area contributed by atoms with Crippen molar-refractivity contribution in [1.29, 1.82) is 0 Å². The zero-order valence-electron chi connectivity index (χ0n) is 18.1. The Kier molecular flexibility index (Phi) is 6.60. The van der Waals surface area contributed by atoms with Crippen LogP contribution in [0.25, 0.3) is 10.9 Å². The van der Waals surface area contributed by atoms with Crippen LogP contribution in [0.4, 0.5) is 26.3 Å². The summed E-state index contributed by atoms with van der Waals surface area (Å²) in [4.78, 5) is 21.2. The molecule has 2 heterocycles. The van der Waals surface area contributed by atoms with Gasteiger partial charge in [0.1, 0.15) is 5.78 Å². The van der Waals surface area contributed by atoms with Crippen molar-refractivity contribution in [2.45, 2.75) is 31.1 Å². The average molecular weight is 488 g/mol. The summed E-state index contributed by atoms with van der Waals surface area (Å²) in [5.41, 5.74) is -0.924. The van der Waals surface area contributed by atoms with Gasteiger partial charge in [-0.05, 0) is 47.5 Å². The van der Waals surface area contributed by atoms with E-state index in [1.54, 1.807) is 36.5 Å². The molecule has 9 heteroatoms. The van der Waals surface area contributed by atoms with Crippen molar-refractivity contribution in [3.63, 3.8) is 0 Å². The van der Waals surface area contributed by atoms with E-state index in [4.69, 9.17) is 0 Å². The molecule has 4 rings (SSSR count). The molecule has 180 valence electrons. The summed E-state index contributed by atoms with van der Waals surface area (Å²) >= 11 is 0.